The first-order chi connectivity index (χ1) is 24.0. The number of allylic oxidation sites excluding steroid dienone is 6. The van der Waals surface area contributed by atoms with Crippen LogP contribution in [0.1, 0.15) is 80.4 Å². The molecule has 2 heterocycles. The normalized spacial score (nSPS) is 20.8. The number of thiophene rings is 2. The molecule has 50 heavy (non-hydrogen) atoms. The van der Waals surface area contributed by atoms with Crippen LogP contribution in [-0.4, -0.2) is 23.0 Å². The summed E-state index contributed by atoms with van der Waals surface area (Å²) in [5.41, 5.74) is 6.00. The van der Waals surface area contributed by atoms with Gasteiger partial charge in [-0.05, 0) is 45.5 Å². The maximum atomic E-state index is 13.5. The van der Waals surface area contributed by atoms with Crippen LogP contribution in [-0.2, 0) is 10.8 Å². The number of Topliss-reactive ketones (excluding diaryl/α,β-unsaturated/α-hetero) is 2. The summed E-state index contributed by atoms with van der Waals surface area (Å²) < 4.78 is 0. The van der Waals surface area contributed by atoms with Crippen molar-refractivity contribution in [3.8, 4) is 12.1 Å². The van der Waals surface area contributed by atoms with Crippen LogP contribution in [0, 0.1) is 35.8 Å². The zero-order chi connectivity index (χ0) is 35.3. The van der Waals surface area contributed by atoms with E-state index in [0.717, 1.165) is 20.9 Å². The zero-order valence-electron chi connectivity index (χ0n) is 27.1. The van der Waals surface area contributed by atoms with Crippen LogP contribution in [0.2, 0.25) is 0 Å². The number of hydrogen-bond acceptors (Lipinski definition) is 8. The number of fused-ring (bicyclic) bond motifs is 6. The molecule has 0 unspecified atom stereocenters. The summed E-state index contributed by atoms with van der Waals surface area (Å²) in [7, 11) is 0. The van der Waals surface area contributed by atoms with Crippen molar-refractivity contribution >= 4 is 78.0 Å². The van der Waals surface area contributed by atoms with Crippen molar-refractivity contribution in [2.24, 2.45) is 9.98 Å². The van der Waals surface area contributed by atoms with E-state index in [1.165, 1.54) is 33.8 Å². The number of nitriles is 2. The molecule has 0 spiro atoms. The Bertz CT molecular complexity index is 2460. The van der Waals surface area contributed by atoms with Crippen LogP contribution >= 0.6 is 22.7 Å². The summed E-state index contributed by atoms with van der Waals surface area (Å²) in [5, 5.41) is 20.7. The van der Waals surface area contributed by atoms with Gasteiger partial charge in [0.15, 0.2) is 0 Å². The molecule has 0 radical (unpaired) electrons. The predicted molar refractivity (Wildman–Crippen MR) is 196 cm³/mol. The van der Waals surface area contributed by atoms with E-state index < -0.39 is 10.8 Å². The lowest BCUT2D eigenvalue weighted by atomic mass is 9.81. The highest BCUT2D eigenvalue weighted by molar-refractivity contribution is 7.18. The second-order valence-corrected chi connectivity index (χ2v) is 15.3. The Morgan fingerprint density at radius 2 is 1.02 bits per heavy atom. The lowest BCUT2D eigenvalue weighted by Crippen LogP contribution is -2.16. The fourth-order valence-electron chi connectivity index (χ4n) is 7.58. The third-order valence-corrected chi connectivity index (χ3v) is 12.0. The predicted octanol–water partition coefficient (Wildman–Crippen LogP) is 9.55. The Labute approximate surface area is 295 Å². The third kappa shape index (κ3) is 3.98. The first kappa shape index (κ1) is 31.0. The number of rotatable bonds is 2. The summed E-state index contributed by atoms with van der Waals surface area (Å²) in [6, 6.07) is 21.9. The molecular weight excluding hydrogens is 661 g/mol. The van der Waals surface area contributed by atoms with Crippen LogP contribution in [0.5, 0.6) is 0 Å². The second kappa shape index (κ2) is 10.6. The summed E-state index contributed by atoms with van der Waals surface area (Å²) in [4.78, 5) is 45.7. The Morgan fingerprint density at radius 1 is 0.660 bits per heavy atom. The molecule has 4 aliphatic rings. The highest BCUT2D eigenvalue weighted by Crippen LogP contribution is 2.67. The van der Waals surface area contributed by atoms with Gasteiger partial charge in [0.2, 0.25) is 11.6 Å². The van der Waals surface area contributed by atoms with Gasteiger partial charge >= 0.3 is 0 Å². The van der Waals surface area contributed by atoms with Gasteiger partial charge in [0.05, 0.1) is 25.3 Å². The molecular formula is C40H22N6O2S2. The van der Waals surface area contributed by atoms with Crippen molar-refractivity contribution in [2.45, 2.75) is 38.5 Å². The fraction of sp³-hybridized carbons (Fsp3) is 0.150. The van der Waals surface area contributed by atoms with E-state index in [1.54, 1.807) is 48.5 Å². The molecule has 4 aliphatic carbocycles. The molecule has 2 aromatic heterocycles. The molecule has 236 valence electrons. The van der Waals surface area contributed by atoms with Gasteiger partial charge in [-0.25, -0.2) is 30.2 Å². The van der Waals surface area contributed by atoms with Gasteiger partial charge in [0, 0.05) is 42.9 Å². The van der Waals surface area contributed by atoms with E-state index in [2.05, 4.69) is 37.4 Å². The van der Waals surface area contributed by atoms with Gasteiger partial charge in [-0.1, -0.05) is 76.2 Å². The molecule has 0 bridgehead atoms. The van der Waals surface area contributed by atoms with Gasteiger partial charge in [-0.3, -0.25) is 9.59 Å². The largest absolute Gasteiger partial charge is 0.287 e. The molecule has 0 saturated heterocycles. The monoisotopic (exact) mass is 682 g/mol. The average molecular weight is 683 g/mol. The quantitative estimate of drug-likeness (QED) is 0.155. The van der Waals surface area contributed by atoms with Gasteiger partial charge in [0.1, 0.15) is 21.4 Å². The van der Waals surface area contributed by atoms with E-state index in [4.69, 9.17) is 23.1 Å². The first-order valence-corrected chi connectivity index (χ1v) is 17.2. The standard InChI is InChI=1S/C40H22N6O2S2/c1-39(2)23-15-27(45-33-29(25(17-41)43-5)19-11-7-9-13-21(19)35(33)47)49-37(23)32-31(39)38-24(40(32,3)4)16-28(50-38)46-34-30(26(18-42)44-6)20-12-8-10-14-22(20)36(34)48/h7-16H,1-4H3/b29-25+,30-26?,45-33?,46-34?. The molecule has 0 N–H and O–H groups in total. The molecule has 2 aromatic carbocycles. The molecule has 0 aliphatic heterocycles. The van der Waals surface area contributed by atoms with Crippen LogP contribution in [0.25, 0.3) is 32.0 Å². The molecule has 10 heteroatoms. The molecule has 0 saturated carbocycles. The minimum Gasteiger partial charge on any atom is -0.287 e. The highest BCUT2D eigenvalue weighted by atomic mass is 32.1. The lowest BCUT2D eigenvalue weighted by molar-refractivity contribution is 0.106. The fourth-order valence-corrected chi connectivity index (χ4v) is 10.4. The Hall–Kier alpha value is -6.30. The number of aliphatic imine (C=N–C) groups is 2. The molecule has 8 nitrogen and oxygen atoms in total. The topological polar surface area (TPSA) is 115 Å². The third-order valence-electron chi connectivity index (χ3n) is 9.88. The van der Waals surface area contributed by atoms with Gasteiger partial charge in [-0.15, -0.1) is 22.7 Å². The van der Waals surface area contributed by atoms with Crippen LogP contribution in [0.4, 0.5) is 10.0 Å². The number of ketones is 2. The van der Waals surface area contributed by atoms with E-state index in [1.807, 2.05) is 24.3 Å². The maximum Gasteiger partial charge on any atom is 0.271 e. The lowest BCUT2D eigenvalue weighted by Gasteiger charge is -2.23. The summed E-state index contributed by atoms with van der Waals surface area (Å²) in [5.74, 6) is -0.616. The minimum absolute atomic E-state index is 0.106. The van der Waals surface area contributed by atoms with Gasteiger partial charge in [-0.2, -0.15) is 0 Å². The van der Waals surface area contributed by atoms with Crippen molar-refractivity contribution in [1.29, 1.82) is 10.5 Å². The van der Waals surface area contributed by atoms with E-state index >= 15 is 0 Å². The van der Waals surface area contributed by atoms with Gasteiger partial charge in [0.25, 0.3) is 11.4 Å². The molecule has 0 amide bonds. The van der Waals surface area contributed by atoms with Crippen LogP contribution in [0.15, 0.2) is 82.0 Å². The highest BCUT2D eigenvalue weighted by Gasteiger charge is 2.52. The van der Waals surface area contributed by atoms with E-state index in [-0.39, 0.29) is 45.5 Å². The van der Waals surface area contributed by atoms with Crippen molar-refractivity contribution in [1.82, 2.24) is 0 Å². The average Bonchev–Trinajstić information content (AvgIpc) is 3.91. The number of benzene rings is 2. The summed E-state index contributed by atoms with van der Waals surface area (Å²) in [6.45, 7) is 23.8. The van der Waals surface area contributed by atoms with E-state index in [9.17, 15) is 20.1 Å². The minimum atomic E-state index is -0.435. The smallest absolute Gasteiger partial charge is 0.271 e. The number of nitrogens with zero attached hydrogens (tertiary/aromatic N) is 6. The van der Waals surface area contributed by atoms with Crippen molar-refractivity contribution in [2.75, 3.05) is 0 Å². The molecule has 0 atom stereocenters. The molecule has 4 aromatic rings. The van der Waals surface area contributed by atoms with Crippen molar-refractivity contribution in [3.63, 3.8) is 0 Å². The summed E-state index contributed by atoms with van der Waals surface area (Å²) in [6.07, 6.45) is 0. The van der Waals surface area contributed by atoms with Crippen LogP contribution < -0.4 is 0 Å². The van der Waals surface area contributed by atoms with E-state index in [0.29, 0.717) is 32.3 Å². The van der Waals surface area contributed by atoms with Crippen molar-refractivity contribution < 1.29 is 9.59 Å². The summed E-state index contributed by atoms with van der Waals surface area (Å²) >= 11 is 2.99. The van der Waals surface area contributed by atoms with Gasteiger partial charge < -0.3 is 0 Å². The molecule has 8 rings (SSSR count). The number of carbonyl (C=O) groups excluding carboxylic acids is 2. The second-order valence-electron chi connectivity index (χ2n) is 13.2. The Balaban J connectivity index is 1.24. The SMILES string of the molecule is [C-]#[N+]C(C#N)=C1C(=Nc2cc3c(s2)C2=C(c4sc(N=C5C(=O)c6ccccc6/C5=C(/C#N)[N+]#[C-])cc4C2(C)C)C3(C)C)C(=O)c2ccccc21. The van der Waals surface area contributed by atoms with Crippen molar-refractivity contribution in [3.05, 3.63) is 138 Å². The zero-order valence-corrected chi connectivity index (χ0v) is 28.7. The number of hydrogen-bond donors (Lipinski definition) is 0. The van der Waals surface area contributed by atoms with Crippen LogP contribution in [0.3, 0.4) is 0 Å². The Morgan fingerprint density at radius 3 is 1.36 bits per heavy atom. The first-order valence-electron chi connectivity index (χ1n) is 15.5. The molecule has 0 fully saturated rings. The maximum absolute atomic E-state index is 13.5. The Kier molecular flexibility index (Phi) is 6.57. The number of carbonyl (C=O) groups is 2.